The third kappa shape index (κ3) is 3.63. The number of alkyl halides is 3. The van der Waals surface area contributed by atoms with Crippen LogP contribution in [-0.4, -0.2) is 38.3 Å². The van der Waals surface area contributed by atoms with Gasteiger partial charge >= 0.3 is 6.36 Å². The highest BCUT2D eigenvalue weighted by Crippen LogP contribution is 2.34. The zero-order valence-corrected chi connectivity index (χ0v) is 13.7. The SMILES string of the molecule is COC1(c2ccc(OC(F)(F)F)cc2)C=NC(N)N=C1C1=CCOC=C1. The Morgan fingerprint density at radius 1 is 1.27 bits per heavy atom. The van der Waals surface area contributed by atoms with Crippen molar-refractivity contribution in [2.24, 2.45) is 15.7 Å². The molecule has 138 valence electrons. The Bertz CT molecular complexity index is 785. The minimum Gasteiger partial charge on any atom is -0.497 e. The number of hydrogen-bond acceptors (Lipinski definition) is 6. The van der Waals surface area contributed by atoms with E-state index in [2.05, 4.69) is 14.7 Å². The highest BCUT2D eigenvalue weighted by molar-refractivity contribution is 6.18. The highest BCUT2D eigenvalue weighted by atomic mass is 19.4. The highest BCUT2D eigenvalue weighted by Gasteiger charge is 2.41. The van der Waals surface area contributed by atoms with Crippen molar-refractivity contribution in [1.29, 1.82) is 0 Å². The lowest BCUT2D eigenvalue weighted by Crippen LogP contribution is -2.45. The first-order valence-corrected chi connectivity index (χ1v) is 7.62. The third-order valence-electron chi connectivity index (χ3n) is 3.88. The topological polar surface area (TPSA) is 78.4 Å². The molecule has 6 nitrogen and oxygen atoms in total. The molecule has 1 aromatic carbocycles. The Labute approximate surface area is 147 Å². The molecule has 0 bridgehead atoms. The first-order chi connectivity index (χ1) is 12.3. The second-order valence-corrected chi connectivity index (χ2v) is 5.48. The van der Waals surface area contributed by atoms with E-state index < -0.39 is 18.3 Å². The van der Waals surface area contributed by atoms with Crippen LogP contribution in [0.2, 0.25) is 0 Å². The molecule has 0 saturated heterocycles. The Hall–Kier alpha value is -2.65. The number of hydrogen-bond donors (Lipinski definition) is 1. The Kier molecular flexibility index (Phi) is 4.84. The maximum absolute atomic E-state index is 12.4. The lowest BCUT2D eigenvalue weighted by Gasteiger charge is -2.34. The van der Waals surface area contributed by atoms with Crippen molar-refractivity contribution < 1.29 is 27.4 Å². The molecule has 2 aliphatic rings. The van der Waals surface area contributed by atoms with Crippen LogP contribution in [0.25, 0.3) is 0 Å². The van der Waals surface area contributed by atoms with Crippen molar-refractivity contribution in [3.8, 4) is 5.75 Å². The van der Waals surface area contributed by atoms with Crippen LogP contribution in [0.5, 0.6) is 5.75 Å². The number of methoxy groups -OCH3 is 1. The first-order valence-electron chi connectivity index (χ1n) is 7.62. The lowest BCUT2D eigenvalue weighted by molar-refractivity contribution is -0.274. The molecule has 2 atom stereocenters. The van der Waals surface area contributed by atoms with Gasteiger partial charge in [-0.25, -0.2) is 4.99 Å². The van der Waals surface area contributed by atoms with E-state index >= 15 is 0 Å². The van der Waals surface area contributed by atoms with Gasteiger partial charge in [-0.15, -0.1) is 13.2 Å². The van der Waals surface area contributed by atoms with E-state index in [1.165, 1.54) is 43.9 Å². The number of aliphatic imine (C=N–C) groups is 2. The van der Waals surface area contributed by atoms with Gasteiger partial charge in [0.25, 0.3) is 0 Å². The van der Waals surface area contributed by atoms with Crippen molar-refractivity contribution in [2.75, 3.05) is 13.7 Å². The molecular weight excluding hydrogens is 351 g/mol. The van der Waals surface area contributed by atoms with E-state index in [1.54, 1.807) is 12.2 Å². The summed E-state index contributed by atoms with van der Waals surface area (Å²) in [4.78, 5) is 8.48. The summed E-state index contributed by atoms with van der Waals surface area (Å²) in [6.45, 7) is 0.357. The Morgan fingerprint density at radius 3 is 2.58 bits per heavy atom. The lowest BCUT2D eigenvalue weighted by atomic mass is 9.84. The summed E-state index contributed by atoms with van der Waals surface area (Å²) in [5.41, 5.74) is 6.37. The summed E-state index contributed by atoms with van der Waals surface area (Å²) in [5, 5.41) is 0. The molecule has 0 fully saturated rings. The molecule has 0 spiro atoms. The molecule has 2 aliphatic heterocycles. The van der Waals surface area contributed by atoms with Crippen LogP contribution >= 0.6 is 0 Å². The molecule has 0 aliphatic carbocycles. The summed E-state index contributed by atoms with van der Waals surface area (Å²) in [5.74, 6) is -0.333. The fourth-order valence-electron chi connectivity index (χ4n) is 2.73. The summed E-state index contributed by atoms with van der Waals surface area (Å²) in [6.07, 6.45) is 0.991. The number of nitrogens with two attached hydrogens (primary N) is 1. The Balaban J connectivity index is 2.00. The zero-order chi connectivity index (χ0) is 18.8. The molecule has 0 amide bonds. The molecule has 0 saturated carbocycles. The Morgan fingerprint density at radius 2 is 2.00 bits per heavy atom. The van der Waals surface area contributed by atoms with Crippen LogP contribution in [0.1, 0.15) is 5.56 Å². The number of nitrogens with zero attached hydrogens (tertiary/aromatic N) is 2. The zero-order valence-electron chi connectivity index (χ0n) is 13.7. The fraction of sp³-hybridized carbons (Fsp3) is 0.294. The van der Waals surface area contributed by atoms with Gasteiger partial charge in [0.1, 0.15) is 12.4 Å². The standard InChI is InChI=1S/C17H16F3N3O3/c1-24-16(12-2-4-13(5-3-12)26-17(18,19)20)10-22-15(21)23-14(16)11-6-8-25-9-7-11/h2-8,10,15H,9,21H2,1H3. The van der Waals surface area contributed by atoms with Crippen LogP contribution in [0.4, 0.5) is 13.2 Å². The first kappa shape index (κ1) is 18.2. The molecule has 0 radical (unpaired) electrons. The number of ether oxygens (including phenoxy) is 3. The van der Waals surface area contributed by atoms with E-state index in [1.807, 2.05) is 0 Å². The van der Waals surface area contributed by atoms with Gasteiger partial charge in [-0.1, -0.05) is 12.1 Å². The van der Waals surface area contributed by atoms with Crippen molar-refractivity contribution in [2.45, 2.75) is 18.3 Å². The van der Waals surface area contributed by atoms with Crippen LogP contribution < -0.4 is 10.5 Å². The maximum atomic E-state index is 12.4. The van der Waals surface area contributed by atoms with Crippen molar-refractivity contribution in [3.63, 3.8) is 0 Å². The molecule has 2 N–H and O–H groups in total. The predicted octanol–water partition coefficient (Wildman–Crippen LogP) is 2.66. The second kappa shape index (κ2) is 6.93. The average molecular weight is 367 g/mol. The predicted molar refractivity (Wildman–Crippen MR) is 88.9 cm³/mol. The van der Waals surface area contributed by atoms with E-state index in [0.717, 1.165) is 5.57 Å². The van der Waals surface area contributed by atoms with Gasteiger partial charge in [-0.05, 0) is 29.8 Å². The number of benzene rings is 1. The summed E-state index contributed by atoms with van der Waals surface area (Å²) >= 11 is 0. The normalized spacial score (nSPS) is 25.3. The van der Waals surface area contributed by atoms with E-state index in [0.29, 0.717) is 17.9 Å². The smallest absolute Gasteiger partial charge is 0.497 e. The van der Waals surface area contributed by atoms with Crippen LogP contribution in [0.15, 0.2) is 58.2 Å². The minimum absolute atomic E-state index is 0.333. The maximum Gasteiger partial charge on any atom is 0.573 e. The van der Waals surface area contributed by atoms with Crippen molar-refractivity contribution >= 4 is 11.9 Å². The van der Waals surface area contributed by atoms with Crippen molar-refractivity contribution in [3.05, 3.63) is 53.8 Å². The number of allylic oxidation sites excluding steroid dienone is 1. The van der Waals surface area contributed by atoms with E-state index in [4.69, 9.17) is 15.2 Å². The van der Waals surface area contributed by atoms with Gasteiger partial charge < -0.3 is 14.2 Å². The van der Waals surface area contributed by atoms with E-state index in [-0.39, 0.29) is 5.75 Å². The van der Waals surface area contributed by atoms with Gasteiger partial charge in [0.05, 0.1) is 12.0 Å². The summed E-state index contributed by atoms with van der Waals surface area (Å²) < 4.78 is 51.8. The molecule has 2 heterocycles. The number of rotatable bonds is 4. The summed E-state index contributed by atoms with van der Waals surface area (Å²) in [7, 11) is 1.46. The number of halogens is 3. The molecular formula is C17H16F3N3O3. The summed E-state index contributed by atoms with van der Waals surface area (Å²) in [6, 6.07) is 5.34. The fourth-order valence-corrected chi connectivity index (χ4v) is 2.73. The largest absolute Gasteiger partial charge is 0.573 e. The average Bonchev–Trinajstić information content (AvgIpc) is 2.62. The molecule has 3 rings (SSSR count). The second-order valence-electron chi connectivity index (χ2n) is 5.48. The molecule has 0 aromatic heterocycles. The minimum atomic E-state index is -4.76. The molecule has 9 heteroatoms. The quantitative estimate of drug-likeness (QED) is 0.888. The van der Waals surface area contributed by atoms with Gasteiger partial charge in [0.2, 0.25) is 0 Å². The van der Waals surface area contributed by atoms with Crippen LogP contribution in [-0.2, 0) is 15.1 Å². The van der Waals surface area contributed by atoms with Gasteiger partial charge in [0, 0.05) is 18.9 Å². The molecule has 2 unspecified atom stereocenters. The molecule has 26 heavy (non-hydrogen) atoms. The van der Waals surface area contributed by atoms with Crippen molar-refractivity contribution in [1.82, 2.24) is 0 Å². The van der Waals surface area contributed by atoms with Gasteiger partial charge in [-0.3, -0.25) is 10.7 Å². The van der Waals surface area contributed by atoms with E-state index in [9.17, 15) is 13.2 Å². The molecule has 1 aromatic rings. The van der Waals surface area contributed by atoms with Crippen LogP contribution in [0.3, 0.4) is 0 Å². The van der Waals surface area contributed by atoms with Crippen LogP contribution in [0, 0.1) is 0 Å². The van der Waals surface area contributed by atoms with Gasteiger partial charge in [-0.2, -0.15) is 0 Å². The third-order valence-corrected chi connectivity index (χ3v) is 3.88. The monoisotopic (exact) mass is 367 g/mol. The van der Waals surface area contributed by atoms with Gasteiger partial charge in [0.15, 0.2) is 11.9 Å².